The van der Waals surface area contributed by atoms with Crippen molar-refractivity contribution in [2.75, 3.05) is 12.3 Å². The summed E-state index contributed by atoms with van der Waals surface area (Å²) in [5.41, 5.74) is 6.21. The summed E-state index contributed by atoms with van der Waals surface area (Å²) in [5, 5.41) is 20.8. The smallest absolute Gasteiger partial charge is 0.327 e. The van der Waals surface area contributed by atoms with Crippen LogP contribution in [0.25, 0.3) is 11.2 Å². The maximum absolute atomic E-state index is 10.5. The van der Waals surface area contributed by atoms with Crippen LogP contribution in [0.4, 0.5) is 5.82 Å². The van der Waals surface area contributed by atoms with Crippen LogP contribution >= 0.6 is 8.69 Å². The molecule has 2 aliphatic carbocycles. The van der Waals surface area contributed by atoms with Gasteiger partial charge >= 0.3 is 8.69 Å². The van der Waals surface area contributed by atoms with Crippen molar-refractivity contribution in [3.05, 3.63) is 12.7 Å². The van der Waals surface area contributed by atoms with E-state index >= 15 is 0 Å². The topological polar surface area (TPSA) is 136 Å². The van der Waals surface area contributed by atoms with E-state index in [1.807, 2.05) is 0 Å². The number of nitrogens with zero attached hydrogens (tertiary/aromatic N) is 4. The summed E-state index contributed by atoms with van der Waals surface area (Å²) in [6.07, 6.45) is 1.66. The molecule has 0 radical (unpaired) electrons. The van der Waals surface area contributed by atoms with Gasteiger partial charge in [0.1, 0.15) is 17.9 Å². The van der Waals surface area contributed by atoms with Crippen molar-refractivity contribution in [2.24, 2.45) is 11.3 Å². The molecule has 0 spiro atoms. The van der Waals surface area contributed by atoms with E-state index < -0.39 is 26.3 Å². The molecule has 0 amide bonds. The first-order valence-electron chi connectivity index (χ1n) is 6.84. The molecule has 10 heteroatoms. The molecule has 0 saturated heterocycles. The summed E-state index contributed by atoms with van der Waals surface area (Å²) in [4.78, 5) is 12.3. The molecule has 2 aromatic heterocycles. The zero-order valence-corrected chi connectivity index (χ0v) is 12.3. The zero-order valence-electron chi connectivity index (χ0n) is 11.4. The minimum Gasteiger partial charge on any atom is -0.390 e. The Labute approximate surface area is 126 Å². The van der Waals surface area contributed by atoms with E-state index in [4.69, 9.17) is 10.3 Å². The third-order valence-corrected chi connectivity index (χ3v) is 5.18. The van der Waals surface area contributed by atoms with Crippen LogP contribution in [0.1, 0.15) is 12.5 Å². The van der Waals surface area contributed by atoms with Crippen LogP contribution in [0.3, 0.4) is 0 Å². The Bertz CT molecular complexity index is 754. The quantitative estimate of drug-likeness (QED) is 0.664. The average molecular weight is 323 g/mol. The molecular formula is C12H14N5O4P. The number of hydrogen-bond donors (Lipinski definition) is 3. The van der Waals surface area contributed by atoms with Crippen molar-refractivity contribution in [1.29, 1.82) is 0 Å². The predicted molar refractivity (Wildman–Crippen MR) is 74.9 cm³/mol. The van der Waals surface area contributed by atoms with Gasteiger partial charge in [0, 0.05) is 5.41 Å². The molecule has 22 heavy (non-hydrogen) atoms. The summed E-state index contributed by atoms with van der Waals surface area (Å²) in [5.74, 6) is 0.278. The van der Waals surface area contributed by atoms with Crippen molar-refractivity contribution in [1.82, 2.24) is 19.5 Å². The van der Waals surface area contributed by atoms with E-state index in [-0.39, 0.29) is 24.4 Å². The highest BCUT2D eigenvalue weighted by atomic mass is 31.1. The second kappa shape index (κ2) is 4.66. The molecule has 5 unspecified atom stereocenters. The molecular weight excluding hydrogens is 309 g/mol. The molecule has 4 rings (SSSR count). The van der Waals surface area contributed by atoms with Crippen LogP contribution in [0.5, 0.6) is 0 Å². The largest absolute Gasteiger partial charge is 0.390 e. The monoisotopic (exact) mass is 323 g/mol. The molecule has 4 N–H and O–H groups in total. The third kappa shape index (κ3) is 1.67. The minimum atomic E-state index is -0.973. The lowest BCUT2D eigenvalue weighted by molar-refractivity contribution is -0.0264. The van der Waals surface area contributed by atoms with Gasteiger partial charge in [-0.15, -0.1) is 0 Å². The molecule has 2 heterocycles. The lowest BCUT2D eigenvalue weighted by Gasteiger charge is -2.23. The Kier molecular flexibility index (Phi) is 2.96. The first-order chi connectivity index (χ1) is 10.6. The summed E-state index contributed by atoms with van der Waals surface area (Å²) in [7, 11) is -0.428. The van der Waals surface area contributed by atoms with Gasteiger partial charge in [0.2, 0.25) is 0 Å². The van der Waals surface area contributed by atoms with Gasteiger partial charge in [0.05, 0.1) is 25.1 Å². The summed E-state index contributed by atoms with van der Waals surface area (Å²) in [6.45, 7) is 0.140. The Morgan fingerprint density at radius 3 is 3.05 bits per heavy atom. The van der Waals surface area contributed by atoms with Crippen LogP contribution in [-0.4, -0.2) is 48.5 Å². The Hall–Kier alpha value is -1.67. The molecule has 0 aliphatic heterocycles. The van der Waals surface area contributed by atoms with Crippen molar-refractivity contribution in [3.63, 3.8) is 0 Å². The van der Waals surface area contributed by atoms with Gasteiger partial charge in [-0.1, -0.05) is 0 Å². The van der Waals surface area contributed by atoms with Gasteiger partial charge in [-0.2, -0.15) is 0 Å². The number of aliphatic hydroxyl groups is 2. The highest BCUT2D eigenvalue weighted by Gasteiger charge is 2.71. The number of rotatable bonds is 4. The van der Waals surface area contributed by atoms with Gasteiger partial charge in [-0.25, -0.2) is 19.5 Å². The number of hydrogen-bond acceptors (Lipinski definition) is 8. The summed E-state index contributed by atoms with van der Waals surface area (Å²) < 4.78 is 17.2. The van der Waals surface area contributed by atoms with Crippen LogP contribution in [-0.2, 0) is 9.09 Å². The number of aliphatic hydroxyl groups excluding tert-OH is 2. The Morgan fingerprint density at radius 1 is 1.45 bits per heavy atom. The van der Waals surface area contributed by atoms with Crippen molar-refractivity contribution >= 4 is 25.7 Å². The van der Waals surface area contributed by atoms with E-state index in [1.54, 1.807) is 10.9 Å². The van der Waals surface area contributed by atoms with E-state index in [2.05, 4.69) is 15.0 Å². The fourth-order valence-electron chi connectivity index (χ4n) is 3.76. The lowest BCUT2D eigenvalue weighted by Crippen LogP contribution is -2.35. The summed E-state index contributed by atoms with van der Waals surface area (Å²) >= 11 is 0. The molecule has 116 valence electrons. The third-order valence-electron chi connectivity index (χ3n) is 4.95. The van der Waals surface area contributed by atoms with Gasteiger partial charge < -0.3 is 20.5 Å². The van der Waals surface area contributed by atoms with Crippen molar-refractivity contribution in [2.45, 2.75) is 24.7 Å². The fraction of sp³-hybridized carbons (Fsp3) is 0.583. The minimum absolute atomic E-state index is 0.00726. The van der Waals surface area contributed by atoms with Gasteiger partial charge in [0.15, 0.2) is 11.5 Å². The molecule has 2 aromatic rings. The van der Waals surface area contributed by atoms with Gasteiger partial charge in [0.25, 0.3) is 0 Å². The number of nitrogen functional groups attached to an aromatic ring is 1. The van der Waals surface area contributed by atoms with E-state index in [0.717, 1.165) is 0 Å². The molecule has 0 bridgehead atoms. The maximum Gasteiger partial charge on any atom is 0.327 e. The van der Waals surface area contributed by atoms with E-state index in [9.17, 15) is 14.8 Å². The van der Waals surface area contributed by atoms with Crippen molar-refractivity contribution < 1.29 is 19.3 Å². The number of fused-ring (bicyclic) bond motifs is 2. The SMILES string of the molecule is Nc1ncnc2c1ncn2C1C(O)C(O)C2(COP=O)CC12. The molecule has 5 atom stereocenters. The second-order valence-electron chi connectivity index (χ2n) is 5.90. The first-order valence-corrected chi connectivity index (χ1v) is 7.57. The van der Waals surface area contributed by atoms with Gasteiger partial charge in [-0.05, 0) is 12.3 Å². The molecule has 0 aromatic carbocycles. The van der Waals surface area contributed by atoms with Crippen LogP contribution < -0.4 is 5.73 Å². The number of aromatic nitrogens is 4. The normalized spacial score (nSPS) is 36.8. The maximum atomic E-state index is 10.5. The second-order valence-corrected chi connectivity index (χ2v) is 6.31. The van der Waals surface area contributed by atoms with Crippen LogP contribution in [0.2, 0.25) is 0 Å². The Morgan fingerprint density at radius 2 is 2.27 bits per heavy atom. The first kappa shape index (κ1) is 14.0. The van der Waals surface area contributed by atoms with Gasteiger partial charge in [-0.3, -0.25) is 4.52 Å². The standard InChI is InChI=1S/C12H14N5O4P/c13-10-6-11(15-3-14-10)17(4-16-6)7-5-1-12(5,2-21-22-20)9(19)8(7)18/h3-5,7-9,18-19H,1-2H2,(H2,13,14,15). The van der Waals surface area contributed by atoms with E-state index in [1.165, 1.54) is 6.33 Å². The van der Waals surface area contributed by atoms with Crippen molar-refractivity contribution in [3.8, 4) is 0 Å². The predicted octanol–water partition coefficient (Wildman–Crippen LogP) is -0.0854. The highest BCUT2D eigenvalue weighted by molar-refractivity contribution is 7.17. The fourth-order valence-corrected chi connectivity index (χ4v) is 4.05. The molecule has 2 fully saturated rings. The number of imidazole rings is 1. The number of anilines is 1. The zero-order chi connectivity index (χ0) is 15.5. The summed E-state index contributed by atoms with van der Waals surface area (Å²) in [6, 6.07) is -0.374. The molecule has 2 aliphatic rings. The lowest BCUT2D eigenvalue weighted by atomic mass is 10.0. The highest BCUT2D eigenvalue weighted by Crippen LogP contribution is 2.68. The van der Waals surface area contributed by atoms with Crippen LogP contribution in [0, 0.1) is 11.3 Å². The Balaban J connectivity index is 1.74. The molecule has 9 nitrogen and oxygen atoms in total. The number of nitrogens with two attached hydrogens (primary N) is 1. The average Bonchev–Trinajstić information content (AvgIpc) is 3.00. The molecule has 2 saturated carbocycles. The van der Waals surface area contributed by atoms with E-state index in [0.29, 0.717) is 17.6 Å². The van der Waals surface area contributed by atoms with Crippen LogP contribution in [0.15, 0.2) is 12.7 Å².